The van der Waals surface area contributed by atoms with Crippen LogP contribution < -0.4 is 5.73 Å². The van der Waals surface area contributed by atoms with E-state index in [4.69, 9.17) is 10.2 Å². The lowest BCUT2D eigenvalue weighted by Gasteiger charge is -1.95. The maximum absolute atomic E-state index is 11.5. The summed E-state index contributed by atoms with van der Waals surface area (Å²) in [6.07, 6.45) is 4.25. The van der Waals surface area contributed by atoms with Crippen molar-refractivity contribution in [1.82, 2.24) is 9.97 Å². The number of hydrogen-bond donors (Lipinski definition) is 1. The highest BCUT2D eigenvalue weighted by atomic mass is 32.2. The third kappa shape index (κ3) is 2.23. The number of hydrogen-bond acceptors (Lipinski definition) is 6. The first-order chi connectivity index (χ1) is 9.43. The molecule has 0 unspecified atom stereocenters. The summed E-state index contributed by atoms with van der Waals surface area (Å²) in [5, 5.41) is 0. The molecular formula is C13H11N3O3S. The monoisotopic (exact) mass is 289 g/mol. The van der Waals surface area contributed by atoms with Crippen molar-refractivity contribution < 1.29 is 12.8 Å². The van der Waals surface area contributed by atoms with Gasteiger partial charge in [-0.1, -0.05) is 0 Å². The Bertz CT molecular complexity index is 900. The van der Waals surface area contributed by atoms with E-state index in [2.05, 4.69) is 9.97 Å². The molecule has 2 heterocycles. The van der Waals surface area contributed by atoms with Gasteiger partial charge >= 0.3 is 0 Å². The average molecular weight is 289 g/mol. The highest BCUT2D eigenvalue weighted by Crippen LogP contribution is 2.26. The van der Waals surface area contributed by atoms with Crippen LogP contribution in [0.2, 0.25) is 0 Å². The molecule has 0 saturated heterocycles. The van der Waals surface area contributed by atoms with Crippen LogP contribution in [0.25, 0.3) is 22.6 Å². The number of nitrogens with two attached hydrogens (primary N) is 1. The Morgan fingerprint density at radius 1 is 1.20 bits per heavy atom. The summed E-state index contributed by atoms with van der Waals surface area (Å²) in [7, 11) is -3.27. The minimum absolute atomic E-state index is 0.204. The zero-order chi connectivity index (χ0) is 14.3. The Balaban J connectivity index is 2.16. The van der Waals surface area contributed by atoms with Gasteiger partial charge in [-0.05, 0) is 24.3 Å². The van der Waals surface area contributed by atoms with Crippen molar-refractivity contribution in [2.75, 3.05) is 12.0 Å². The first kappa shape index (κ1) is 12.6. The number of oxazole rings is 1. The quantitative estimate of drug-likeness (QED) is 0.773. The minimum Gasteiger partial charge on any atom is -0.436 e. The van der Waals surface area contributed by atoms with Crippen molar-refractivity contribution >= 4 is 26.6 Å². The van der Waals surface area contributed by atoms with E-state index >= 15 is 0 Å². The average Bonchev–Trinajstić information content (AvgIpc) is 2.80. The van der Waals surface area contributed by atoms with E-state index < -0.39 is 9.84 Å². The Hall–Kier alpha value is -2.41. The third-order valence-corrected chi connectivity index (χ3v) is 3.90. The lowest BCUT2D eigenvalue weighted by atomic mass is 10.2. The van der Waals surface area contributed by atoms with Gasteiger partial charge in [-0.2, -0.15) is 0 Å². The smallest absolute Gasteiger partial charge is 0.228 e. The fourth-order valence-corrected chi connectivity index (χ4v) is 2.48. The first-order valence-electron chi connectivity index (χ1n) is 5.75. The number of sulfone groups is 1. The summed E-state index contributed by atoms with van der Waals surface area (Å²) in [5.74, 6) is 0.352. The number of nitrogen functional groups attached to an aromatic ring is 1. The fourth-order valence-electron chi connectivity index (χ4n) is 1.84. The molecule has 7 heteroatoms. The van der Waals surface area contributed by atoms with Crippen LogP contribution >= 0.6 is 0 Å². The van der Waals surface area contributed by atoms with Gasteiger partial charge in [-0.3, -0.25) is 4.98 Å². The summed E-state index contributed by atoms with van der Waals surface area (Å²) in [4.78, 5) is 8.44. The second-order valence-electron chi connectivity index (χ2n) is 4.43. The van der Waals surface area contributed by atoms with E-state index in [1.165, 1.54) is 18.3 Å². The Morgan fingerprint density at radius 2 is 2.00 bits per heavy atom. The van der Waals surface area contributed by atoms with Crippen LogP contribution in [-0.4, -0.2) is 24.6 Å². The van der Waals surface area contributed by atoms with Crippen molar-refractivity contribution in [3.05, 3.63) is 36.7 Å². The van der Waals surface area contributed by atoms with Crippen molar-refractivity contribution in [2.45, 2.75) is 4.90 Å². The van der Waals surface area contributed by atoms with Gasteiger partial charge in [0.1, 0.15) is 5.52 Å². The zero-order valence-corrected chi connectivity index (χ0v) is 11.4. The molecule has 0 aliphatic carbocycles. The molecule has 0 fully saturated rings. The molecule has 3 aromatic rings. The topological polar surface area (TPSA) is 99.1 Å². The third-order valence-electron chi connectivity index (χ3n) is 2.79. The van der Waals surface area contributed by atoms with Crippen LogP contribution in [0.3, 0.4) is 0 Å². The number of fused-ring (bicyclic) bond motifs is 1. The molecule has 2 N–H and O–H groups in total. The van der Waals surface area contributed by atoms with Gasteiger partial charge in [0, 0.05) is 18.6 Å². The van der Waals surface area contributed by atoms with Gasteiger partial charge in [0.2, 0.25) is 5.89 Å². The molecule has 0 atom stereocenters. The van der Waals surface area contributed by atoms with Crippen LogP contribution in [0.5, 0.6) is 0 Å². The van der Waals surface area contributed by atoms with Gasteiger partial charge < -0.3 is 10.2 Å². The molecule has 6 nitrogen and oxygen atoms in total. The van der Waals surface area contributed by atoms with E-state index in [-0.39, 0.29) is 4.90 Å². The molecule has 0 aliphatic heterocycles. The molecule has 1 aromatic carbocycles. The Morgan fingerprint density at radius 3 is 2.70 bits per heavy atom. The predicted octanol–water partition coefficient (Wildman–Crippen LogP) is 1.88. The number of aromatic nitrogens is 2. The molecule has 0 aliphatic rings. The van der Waals surface area contributed by atoms with Gasteiger partial charge in [0.05, 0.1) is 16.1 Å². The van der Waals surface area contributed by atoms with Gasteiger partial charge in [-0.25, -0.2) is 13.4 Å². The number of rotatable bonds is 2. The van der Waals surface area contributed by atoms with E-state index in [9.17, 15) is 8.42 Å². The zero-order valence-electron chi connectivity index (χ0n) is 10.6. The fraction of sp³-hybridized carbons (Fsp3) is 0.0769. The second-order valence-corrected chi connectivity index (χ2v) is 6.44. The second kappa shape index (κ2) is 4.31. The molecule has 0 radical (unpaired) electrons. The summed E-state index contributed by atoms with van der Waals surface area (Å²) < 4.78 is 28.6. The Labute approximate surface area is 115 Å². The molecule has 0 saturated carbocycles. The summed E-state index contributed by atoms with van der Waals surface area (Å²) in [6.45, 7) is 0. The molecular weight excluding hydrogens is 278 g/mol. The summed E-state index contributed by atoms with van der Waals surface area (Å²) >= 11 is 0. The molecule has 0 amide bonds. The van der Waals surface area contributed by atoms with E-state index in [1.54, 1.807) is 18.3 Å². The normalized spacial score (nSPS) is 11.8. The van der Waals surface area contributed by atoms with Gasteiger partial charge in [0.25, 0.3) is 0 Å². The van der Waals surface area contributed by atoms with E-state index in [0.717, 1.165) is 6.26 Å². The molecule has 3 rings (SSSR count). The van der Waals surface area contributed by atoms with Crippen LogP contribution in [0.15, 0.2) is 46.0 Å². The number of benzene rings is 1. The molecule has 102 valence electrons. The van der Waals surface area contributed by atoms with Crippen molar-refractivity contribution in [1.29, 1.82) is 0 Å². The highest BCUT2D eigenvalue weighted by Gasteiger charge is 2.13. The van der Waals surface area contributed by atoms with Crippen molar-refractivity contribution in [3.8, 4) is 11.5 Å². The van der Waals surface area contributed by atoms with Crippen LogP contribution in [0.4, 0.5) is 5.69 Å². The molecule has 0 bridgehead atoms. The number of anilines is 1. The standard InChI is InChI=1S/C13H11N3O3S/c1-20(17,18)10-2-3-12-11(5-10)16-13(19-12)8-4-9(14)7-15-6-8/h2-7H,14H2,1H3. The van der Waals surface area contributed by atoms with Crippen LogP contribution in [0, 0.1) is 0 Å². The van der Waals surface area contributed by atoms with Gasteiger partial charge in [-0.15, -0.1) is 0 Å². The van der Waals surface area contributed by atoms with Crippen LogP contribution in [0.1, 0.15) is 0 Å². The maximum Gasteiger partial charge on any atom is 0.228 e. The molecule has 2 aromatic heterocycles. The van der Waals surface area contributed by atoms with Gasteiger partial charge in [0.15, 0.2) is 15.4 Å². The predicted molar refractivity (Wildman–Crippen MR) is 74.8 cm³/mol. The molecule has 0 spiro atoms. The lowest BCUT2D eigenvalue weighted by Crippen LogP contribution is -1.96. The maximum atomic E-state index is 11.5. The number of nitrogens with zero attached hydrogens (tertiary/aromatic N) is 2. The SMILES string of the molecule is CS(=O)(=O)c1ccc2oc(-c3cncc(N)c3)nc2c1. The van der Waals surface area contributed by atoms with E-state index in [1.807, 2.05) is 0 Å². The number of pyridine rings is 1. The minimum atomic E-state index is -3.27. The van der Waals surface area contributed by atoms with Crippen molar-refractivity contribution in [3.63, 3.8) is 0 Å². The van der Waals surface area contributed by atoms with E-state index in [0.29, 0.717) is 28.2 Å². The van der Waals surface area contributed by atoms with Crippen molar-refractivity contribution in [2.24, 2.45) is 0 Å². The summed E-state index contributed by atoms with van der Waals surface area (Å²) in [5.41, 5.74) is 7.79. The Kier molecular flexibility index (Phi) is 2.72. The largest absolute Gasteiger partial charge is 0.436 e. The lowest BCUT2D eigenvalue weighted by molar-refractivity contribution is 0.602. The summed E-state index contributed by atoms with van der Waals surface area (Å²) in [6, 6.07) is 6.25. The molecule has 20 heavy (non-hydrogen) atoms. The highest BCUT2D eigenvalue weighted by molar-refractivity contribution is 7.90. The first-order valence-corrected chi connectivity index (χ1v) is 7.64. The van der Waals surface area contributed by atoms with Crippen LogP contribution in [-0.2, 0) is 9.84 Å².